The first-order chi connectivity index (χ1) is 34.5. The van der Waals surface area contributed by atoms with Crippen LogP contribution in [0.1, 0.15) is 65.9 Å². The van der Waals surface area contributed by atoms with Crippen LogP contribution in [0.3, 0.4) is 0 Å². The normalized spacial score (nSPS) is 26.0. The van der Waals surface area contributed by atoms with E-state index in [1.54, 1.807) is 20.8 Å². The van der Waals surface area contributed by atoms with E-state index in [1.165, 1.54) is 43.4 Å². The minimum Gasteiger partial charge on any atom is -0.508 e. The molecule has 74 heavy (non-hydrogen) atoms. The third kappa shape index (κ3) is 17.7. The number of likely N-dealkylation sites (N-methyl/N-ethyl adjacent to an activating group) is 1. The second-order valence-electron chi connectivity index (χ2n) is 18.1. The van der Waals surface area contributed by atoms with Crippen LogP contribution in [0.4, 0.5) is 4.79 Å². The Kier molecular flexibility index (Phi) is 22.4. The first-order valence-corrected chi connectivity index (χ1v) is 24.4. The number of aliphatic hydroxyl groups is 1. The molecule has 2 heterocycles. The highest BCUT2D eigenvalue weighted by Crippen LogP contribution is 2.26. The van der Waals surface area contributed by atoms with Crippen LogP contribution in [-0.2, 0) is 73.7 Å². The van der Waals surface area contributed by atoms with Crippen molar-refractivity contribution in [3.63, 3.8) is 0 Å². The van der Waals surface area contributed by atoms with Gasteiger partial charge in [0, 0.05) is 27.1 Å². The topological polar surface area (TPSA) is 444 Å². The van der Waals surface area contributed by atoms with Gasteiger partial charge >= 0.3 is 16.4 Å². The lowest BCUT2D eigenvalue weighted by atomic mass is 9.98. The first-order valence-electron chi connectivity index (χ1n) is 23.0. The molecule has 2 aliphatic heterocycles. The number of hydrogen-bond donors (Lipinski definition) is 12. The molecule has 2 aliphatic rings. The number of ether oxygens (including phenoxy) is 1. The summed E-state index contributed by atoms with van der Waals surface area (Å²) < 4.78 is 43.7. The maximum Gasteiger partial charge on any atom is 0.398 e. The molecular weight excluding hydrogens is 1000 g/mol. The summed E-state index contributed by atoms with van der Waals surface area (Å²) in [6.45, 7) is 6.49. The van der Waals surface area contributed by atoms with Gasteiger partial charge in [-0.2, -0.15) is 8.42 Å². The molecule has 14 N–H and O–H groups in total. The van der Waals surface area contributed by atoms with Crippen molar-refractivity contribution >= 4 is 75.5 Å². The van der Waals surface area contributed by atoms with Crippen LogP contribution in [-0.4, -0.2) is 180 Å². The first kappa shape index (κ1) is 61.0. The van der Waals surface area contributed by atoms with Crippen molar-refractivity contribution in [2.24, 2.45) is 23.3 Å². The summed E-state index contributed by atoms with van der Waals surface area (Å²) in [5.41, 5.74) is 10.1. The van der Waals surface area contributed by atoms with Crippen molar-refractivity contribution < 1.29 is 84.8 Å². The maximum atomic E-state index is 14.7. The highest BCUT2D eigenvalue weighted by atomic mass is 32.3. The predicted molar refractivity (Wildman–Crippen MR) is 255 cm³/mol. The number of carbonyl (C=O) groups is 11. The summed E-state index contributed by atoms with van der Waals surface area (Å²) in [4.78, 5) is 152. The number of nitrogens with zero attached hydrogens (tertiary/aromatic N) is 2. The van der Waals surface area contributed by atoms with Crippen LogP contribution in [0.2, 0.25) is 0 Å². The van der Waals surface area contributed by atoms with Gasteiger partial charge in [0.2, 0.25) is 41.4 Å². The van der Waals surface area contributed by atoms with Gasteiger partial charge in [-0.25, -0.2) is 8.98 Å². The van der Waals surface area contributed by atoms with Gasteiger partial charge in [0.1, 0.15) is 41.7 Å². The van der Waals surface area contributed by atoms with E-state index in [0.717, 1.165) is 25.1 Å². The Morgan fingerprint density at radius 2 is 1.51 bits per heavy atom. The van der Waals surface area contributed by atoms with Crippen LogP contribution >= 0.6 is 0 Å². The van der Waals surface area contributed by atoms with Crippen molar-refractivity contribution in [3.05, 3.63) is 41.6 Å². The number of nitrogens with two attached hydrogens (primary N) is 2. The number of phenolic OH excluding ortho intramolecular Hbond substituents is 1. The van der Waals surface area contributed by atoms with E-state index in [-0.39, 0.29) is 43.0 Å². The fraction of sp³-hybridized carbons (Fsp3) is 0.568. The number of rotatable bonds is 13. The second-order valence-corrected chi connectivity index (χ2v) is 19.2. The van der Waals surface area contributed by atoms with E-state index in [2.05, 4.69) is 30.8 Å². The molecule has 2 saturated heterocycles. The fourth-order valence-corrected chi connectivity index (χ4v) is 8.31. The van der Waals surface area contributed by atoms with Crippen molar-refractivity contribution in [2.75, 3.05) is 27.2 Å². The van der Waals surface area contributed by atoms with Crippen LogP contribution in [0.5, 0.6) is 5.75 Å². The Balaban J connectivity index is 2.31. The van der Waals surface area contributed by atoms with E-state index < -0.39 is 161 Å². The number of urea groups is 1. The number of para-hydroxylation sites is 1. The molecule has 3 rings (SSSR count). The standard InChI is InChI=1S/C44H65N11O18S/c1-8-24-42(66)54(6)19-31(58)51-33(35(73-74(69,70)71)41(65)53-44(46)68)39(63)52-32(22(5)72-7)43(67)55-18-21(4)15-28(55)38(62)50-26(16-23-11-9-10-12-29(23)56)36(60)49-27(17-30(45)57)37(61)48-25(14-13-20(2)3)34(59)40(64)47-24/h8-12,20-22,25-28,32-35,56,59H,13-19H2,1-7H3,(H2,45,57)(H,47,64)(H,48,61)(H,49,60)(H,50,62)(H,51,58)(H,52,63)(H,69,70,71)(H3,46,53,65,68)/b24-8-/t21-,22+,25+,26+,27-,28-,32-,33+,34+,35-/m0/s1. The number of aliphatic hydroxyl groups excluding tert-OH is 1. The number of phenols is 1. The summed E-state index contributed by atoms with van der Waals surface area (Å²) >= 11 is 0. The molecular formula is C44H65N11O18S. The van der Waals surface area contributed by atoms with E-state index >= 15 is 0 Å². The predicted octanol–water partition coefficient (Wildman–Crippen LogP) is -4.82. The van der Waals surface area contributed by atoms with Crippen molar-refractivity contribution in [3.8, 4) is 5.75 Å². The van der Waals surface area contributed by atoms with E-state index in [1.807, 2.05) is 5.32 Å². The minimum absolute atomic E-state index is 0.0805. The Morgan fingerprint density at radius 1 is 0.892 bits per heavy atom. The average molecular weight is 1070 g/mol. The number of imide groups is 1. The number of aromatic hydroxyl groups is 1. The number of primary amides is 2. The Morgan fingerprint density at radius 3 is 2.08 bits per heavy atom. The quantitative estimate of drug-likeness (QED) is 0.0651. The van der Waals surface area contributed by atoms with Gasteiger partial charge in [-0.05, 0) is 56.6 Å². The molecule has 30 heteroatoms. The van der Waals surface area contributed by atoms with Crippen molar-refractivity contribution in [2.45, 2.75) is 121 Å². The zero-order chi connectivity index (χ0) is 55.9. The van der Waals surface area contributed by atoms with Gasteiger partial charge in [0.05, 0.1) is 25.1 Å². The number of amides is 12. The second kappa shape index (κ2) is 27.1. The third-order valence-corrected chi connectivity index (χ3v) is 12.2. The zero-order valence-electron chi connectivity index (χ0n) is 41.6. The fourth-order valence-electron chi connectivity index (χ4n) is 7.85. The lowest BCUT2D eigenvalue weighted by Gasteiger charge is -2.33. The number of carbonyl (C=O) groups excluding carboxylic acids is 11. The lowest BCUT2D eigenvalue weighted by Crippen LogP contribution is -2.65. The largest absolute Gasteiger partial charge is 0.508 e. The number of nitrogens with one attached hydrogen (secondary N) is 7. The number of methoxy groups -OCH3 is 1. The highest BCUT2D eigenvalue weighted by molar-refractivity contribution is 7.80. The molecule has 0 radical (unpaired) electrons. The number of fused-ring (bicyclic) bond motifs is 1. The molecule has 0 unspecified atom stereocenters. The van der Waals surface area contributed by atoms with Gasteiger partial charge in [-0.3, -0.25) is 57.8 Å². The molecule has 0 spiro atoms. The summed E-state index contributed by atoms with van der Waals surface area (Å²) in [5.74, 6) is -13.5. The molecule has 0 saturated carbocycles. The summed E-state index contributed by atoms with van der Waals surface area (Å²) in [7, 11) is -3.65. The smallest absolute Gasteiger partial charge is 0.398 e. The van der Waals surface area contributed by atoms with Gasteiger partial charge in [-0.1, -0.05) is 45.0 Å². The highest BCUT2D eigenvalue weighted by Gasteiger charge is 2.46. The average Bonchev–Trinajstić information content (AvgIpc) is 3.71. The Hall–Kier alpha value is -7.28. The maximum absolute atomic E-state index is 14.7. The molecule has 0 aliphatic carbocycles. The molecule has 0 bridgehead atoms. The van der Waals surface area contributed by atoms with Crippen molar-refractivity contribution in [1.82, 2.24) is 47.0 Å². The van der Waals surface area contributed by atoms with E-state index in [0.29, 0.717) is 4.90 Å². The molecule has 29 nitrogen and oxygen atoms in total. The molecule has 10 atom stereocenters. The molecule has 1 aromatic rings. The molecule has 0 aromatic heterocycles. The lowest BCUT2D eigenvalue weighted by molar-refractivity contribution is -0.146. The summed E-state index contributed by atoms with van der Waals surface area (Å²) in [5, 5.41) is 37.4. The molecule has 1 aromatic carbocycles. The monoisotopic (exact) mass is 1070 g/mol. The van der Waals surface area contributed by atoms with Crippen LogP contribution < -0.4 is 48.7 Å². The molecule has 410 valence electrons. The summed E-state index contributed by atoms with van der Waals surface area (Å²) in [6.07, 6.45) is -6.59. The number of benzene rings is 1. The van der Waals surface area contributed by atoms with Crippen molar-refractivity contribution in [1.29, 1.82) is 0 Å². The minimum atomic E-state index is -5.76. The van der Waals surface area contributed by atoms with Gasteiger partial charge in [-0.15, -0.1) is 0 Å². The third-order valence-electron chi connectivity index (χ3n) is 11.8. The Labute approximate surface area is 425 Å². The number of hydrogen-bond acceptors (Lipinski definition) is 17. The zero-order valence-corrected chi connectivity index (χ0v) is 42.4. The SMILES string of the molecule is C/C=C1\NC(=O)[C@H](O)[C@@H](CCC(C)C)NC(=O)[C@H](CC(N)=O)NC(=O)[C@@H](Cc2ccccc2O)NC(=O)[C@@H]2C[C@H](C)CN2C(=O)[C@H]([C@@H](C)OC)NC(=O)[C@@H]([C@H](OS(=O)(=O)O)C(=O)NC(N)=O)NC(=O)CN(C)C1=O. The number of allylic oxidation sites excluding steroid dienone is 1. The van der Waals surface area contributed by atoms with Crippen LogP contribution in [0.25, 0.3) is 0 Å². The summed E-state index contributed by atoms with van der Waals surface area (Å²) in [6, 6.07) is -6.95. The molecule has 12 amide bonds. The molecule has 2 fully saturated rings. The van der Waals surface area contributed by atoms with Crippen LogP contribution in [0, 0.1) is 11.8 Å². The van der Waals surface area contributed by atoms with Gasteiger partial charge in [0.15, 0.2) is 12.2 Å². The Bertz CT molecular complexity index is 2460. The van der Waals surface area contributed by atoms with E-state index in [9.17, 15) is 75.9 Å². The van der Waals surface area contributed by atoms with Crippen LogP contribution in [0.15, 0.2) is 36.0 Å². The van der Waals surface area contributed by atoms with Gasteiger partial charge < -0.3 is 68.1 Å². The van der Waals surface area contributed by atoms with Gasteiger partial charge in [0.25, 0.3) is 17.7 Å². The van der Waals surface area contributed by atoms with E-state index in [4.69, 9.17) is 16.2 Å².